The van der Waals surface area contributed by atoms with Gasteiger partial charge in [-0.3, -0.25) is 19.3 Å². The first kappa shape index (κ1) is 15.5. The van der Waals surface area contributed by atoms with Gasteiger partial charge in [0.25, 0.3) is 11.8 Å². The van der Waals surface area contributed by atoms with Crippen molar-refractivity contribution in [1.29, 1.82) is 0 Å². The quantitative estimate of drug-likeness (QED) is 0.685. The van der Waals surface area contributed by atoms with E-state index < -0.39 is 11.4 Å². The molecule has 1 aromatic carbocycles. The number of nitrogens with zero attached hydrogens (tertiary/aromatic N) is 1. The molecule has 3 rings (SSSR count). The van der Waals surface area contributed by atoms with Crippen LogP contribution in [0.1, 0.15) is 47.4 Å². The van der Waals surface area contributed by atoms with E-state index in [-0.39, 0.29) is 23.8 Å². The van der Waals surface area contributed by atoms with Crippen molar-refractivity contribution in [1.82, 2.24) is 4.90 Å². The summed E-state index contributed by atoms with van der Waals surface area (Å²) in [7, 11) is 0. The molecular weight excluding hydrogens is 294 g/mol. The van der Waals surface area contributed by atoms with Crippen molar-refractivity contribution in [3.63, 3.8) is 0 Å². The third-order valence-corrected chi connectivity index (χ3v) is 4.66. The normalized spacial score (nSPS) is 23.5. The second-order valence-corrected chi connectivity index (χ2v) is 6.87. The van der Waals surface area contributed by atoms with E-state index in [9.17, 15) is 19.5 Å². The van der Waals surface area contributed by atoms with E-state index in [4.69, 9.17) is 0 Å². The summed E-state index contributed by atoms with van der Waals surface area (Å²) >= 11 is 0. The number of rotatable bonds is 4. The van der Waals surface area contributed by atoms with Gasteiger partial charge in [-0.25, -0.2) is 0 Å². The molecule has 2 aliphatic rings. The number of carbonyl (C=O) groups is 3. The fraction of sp³-hybridized carbons (Fsp3) is 0.389. The molecule has 0 spiro atoms. The minimum Gasteiger partial charge on any atom is -0.481 e. The Bertz CT molecular complexity index is 684. The largest absolute Gasteiger partial charge is 0.481 e. The van der Waals surface area contributed by atoms with E-state index in [1.807, 2.05) is 12.2 Å². The van der Waals surface area contributed by atoms with Gasteiger partial charge in [-0.15, -0.1) is 0 Å². The Kier molecular flexibility index (Phi) is 3.59. The lowest BCUT2D eigenvalue weighted by atomic mass is 9.82. The van der Waals surface area contributed by atoms with Crippen LogP contribution in [0.15, 0.2) is 36.4 Å². The first-order chi connectivity index (χ1) is 10.8. The number of benzene rings is 1. The predicted molar refractivity (Wildman–Crippen MR) is 84.0 cm³/mol. The van der Waals surface area contributed by atoms with Crippen LogP contribution >= 0.6 is 0 Å². The van der Waals surface area contributed by atoms with Crippen molar-refractivity contribution in [3.8, 4) is 0 Å². The van der Waals surface area contributed by atoms with Crippen LogP contribution in [0.3, 0.4) is 0 Å². The number of carbonyl (C=O) groups excluding carboxylic acids is 2. The number of allylic oxidation sites excluding steroid dienone is 1. The average molecular weight is 313 g/mol. The Morgan fingerprint density at radius 1 is 1.17 bits per heavy atom. The van der Waals surface area contributed by atoms with Gasteiger partial charge < -0.3 is 5.11 Å². The van der Waals surface area contributed by atoms with Gasteiger partial charge >= 0.3 is 5.97 Å². The van der Waals surface area contributed by atoms with Crippen LogP contribution in [0.5, 0.6) is 0 Å². The maximum atomic E-state index is 12.5. The minimum absolute atomic E-state index is 0.0513. The molecule has 23 heavy (non-hydrogen) atoms. The van der Waals surface area contributed by atoms with Crippen LogP contribution in [0.4, 0.5) is 0 Å². The van der Waals surface area contributed by atoms with Gasteiger partial charge in [-0.05, 0) is 44.7 Å². The van der Waals surface area contributed by atoms with Crippen LogP contribution in [0, 0.1) is 11.3 Å². The lowest BCUT2D eigenvalue weighted by Crippen LogP contribution is -2.38. The van der Waals surface area contributed by atoms with E-state index >= 15 is 0 Å². The van der Waals surface area contributed by atoms with Gasteiger partial charge in [0.15, 0.2) is 0 Å². The second kappa shape index (κ2) is 5.33. The van der Waals surface area contributed by atoms with E-state index in [0.717, 1.165) is 0 Å². The molecule has 1 heterocycles. The molecule has 120 valence electrons. The summed E-state index contributed by atoms with van der Waals surface area (Å²) in [6, 6.07) is 6.53. The summed E-state index contributed by atoms with van der Waals surface area (Å²) in [5, 5.41) is 9.24. The standard InChI is InChI=1S/C18H19NO4/c1-18(2,17(22)23)10-11-7-8-12(9-11)19-15(20)13-5-3-4-6-14(13)16(19)21/h3-8,11-12H,9-10H2,1-2H3,(H,22,23)/t11-,12+/m0/s1. The molecular formula is C18H19NO4. The second-order valence-electron chi connectivity index (χ2n) is 6.87. The van der Waals surface area contributed by atoms with Crippen LogP contribution in [0.2, 0.25) is 0 Å². The first-order valence-electron chi connectivity index (χ1n) is 7.70. The topological polar surface area (TPSA) is 74.7 Å². The fourth-order valence-electron chi connectivity index (χ4n) is 3.35. The van der Waals surface area contributed by atoms with Crippen LogP contribution < -0.4 is 0 Å². The highest BCUT2D eigenvalue weighted by Gasteiger charge is 2.41. The molecule has 0 radical (unpaired) electrons. The van der Waals surface area contributed by atoms with Crippen molar-refractivity contribution in [2.24, 2.45) is 11.3 Å². The minimum atomic E-state index is -0.838. The van der Waals surface area contributed by atoms with E-state index in [2.05, 4.69) is 0 Å². The number of carboxylic acid groups (broad SMARTS) is 1. The molecule has 0 saturated heterocycles. The Morgan fingerprint density at radius 3 is 2.26 bits per heavy atom. The molecule has 2 atom stereocenters. The lowest BCUT2D eigenvalue weighted by molar-refractivity contribution is -0.147. The third kappa shape index (κ3) is 2.56. The number of amides is 2. The zero-order valence-electron chi connectivity index (χ0n) is 13.2. The van der Waals surface area contributed by atoms with Gasteiger partial charge in [0, 0.05) is 0 Å². The Balaban J connectivity index is 1.74. The Labute approximate surface area is 134 Å². The molecule has 1 aromatic rings. The van der Waals surface area contributed by atoms with Gasteiger partial charge in [0.05, 0.1) is 22.6 Å². The van der Waals surface area contributed by atoms with E-state index in [1.54, 1.807) is 38.1 Å². The smallest absolute Gasteiger partial charge is 0.309 e. The predicted octanol–water partition coefficient (Wildman–Crippen LogP) is 2.73. The molecule has 0 bridgehead atoms. The Hall–Kier alpha value is -2.43. The summed E-state index contributed by atoms with van der Waals surface area (Å²) in [4.78, 5) is 37.5. The van der Waals surface area contributed by atoms with Crippen molar-refractivity contribution in [2.75, 3.05) is 0 Å². The van der Waals surface area contributed by atoms with Crippen molar-refractivity contribution >= 4 is 17.8 Å². The number of imide groups is 1. The van der Waals surface area contributed by atoms with E-state index in [1.165, 1.54) is 4.90 Å². The number of aliphatic carboxylic acids is 1. The summed E-state index contributed by atoms with van der Waals surface area (Å²) in [5.74, 6) is -1.32. The first-order valence-corrected chi connectivity index (χ1v) is 7.70. The zero-order valence-corrected chi connectivity index (χ0v) is 13.2. The molecule has 1 N–H and O–H groups in total. The zero-order chi connectivity index (χ0) is 16.8. The summed E-state index contributed by atoms with van der Waals surface area (Å²) < 4.78 is 0. The molecule has 0 unspecified atom stereocenters. The highest BCUT2D eigenvalue weighted by atomic mass is 16.4. The molecule has 0 fully saturated rings. The number of fused-ring (bicyclic) bond motifs is 1. The molecule has 2 amide bonds. The van der Waals surface area contributed by atoms with Crippen LogP contribution in [-0.2, 0) is 4.79 Å². The number of hydrogen-bond acceptors (Lipinski definition) is 3. The van der Waals surface area contributed by atoms with Crippen molar-refractivity contribution in [3.05, 3.63) is 47.5 Å². The molecule has 1 aliphatic heterocycles. The Morgan fingerprint density at radius 2 is 1.74 bits per heavy atom. The highest BCUT2D eigenvalue weighted by molar-refractivity contribution is 6.21. The average Bonchev–Trinajstić information content (AvgIpc) is 3.03. The molecule has 5 nitrogen and oxygen atoms in total. The summed E-state index contributed by atoms with van der Waals surface area (Å²) in [5.41, 5.74) is 0.0618. The fourth-order valence-corrected chi connectivity index (χ4v) is 3.35. The van der Waals surface area contributed by atoms with E-state index in [0.29, 0.717) is 24.0 Å². The number of carboxylic acids is 1. The van der Waals surface area contributed by atoms with Gasteiger partial charge in [0.1, 0.15) is 0 Å². The number of hydrogen-bond donors (Lipinski definition) is 1. The maximum absolute atomic E-state index is 12.5. The lowest BCUT2D eigenvalue weighted by Gasteiger charge is -2.25. The van der Waals surface area contributed by atoms with Crippen molar-refractivity contribution in [2.45, 2.75) is 32.7 Å². The van der Waals surface area contributed by atoms with Gasteiger partial charge in [-0.2, -0.15) is 0 Å². The summed E-state index contributed by atoms with van der Waals surface area (Å²) in [6.07, 6.45) is 4.85. The molecule has 0 saturated carbocycles. The SMILES string of the molecule is CC(C)(C[C@H]1C=C[C@@H](N2C(=O)c3ccccc3C2=O)C1)C(=O)O. The monoisotopic (exact) mass is 313 g/mol. The van der Waals surface area contributed by atoms with Gasteiger partial charge in [-0.1, -0.05) is 24.3 Å². The molecule has 1 aliphatic carbocycles. The summed E-state index contributed by atoms with van der Waals surface area (Å²) in [6.45, 7) is 3.39. The highest BCUT2D eigenvalue weighted by Crippen LogP contribution is 2.36. The van der Waals surface area contributed by atoms with Gasteiger partial charge in [0.2, 0.25) is 0 Å². The third-order valence-electron chi connectivity index (χ3n) is 4.66. The van der Waals surface area contributed by atoms with Crippen LogP contribution in [-0.4, -0.2) is 33.8 Å². The molecule has 0 aromatic heterocycles. The van der Waals surface area contributed by atoms with Crippen LogP contribution in [0.25, 0.3) is 0 Å². The maximum Gasteiger partial charge on any atom is 0.309 e. The molecule has 5 heteroatoms. The van der Waals surface area contributed by atoms with Crippen molar-refractivity contribution < 1.29 is 19.5 Å².